The van der Waals surface area contributed by atoms with Gasteiger partial charge in [0, 0.05) is 36.8 Å². The lowest BCUT2D eigenvalue weighted by Gasteiger charge is -2.08. The van der Waals surface area contributed by atoms with Gasteiger partial charge >= 0.3 is 0 Å². The minimum absolute atomic E-state index is 0.0947. The van der Waals surface area contributed by atoms with Gasteiger partial charge < -0.3 is 10.1 Å². The first-order chi connectivity index (χ1) is 11.6. The summed E-state index contributed by atoms with van der Waals surface area (Å²) in [5, 5.41) is 7.04. The van der Waals surface area contributed by atoms with Crippen molar-refractivity contribution < 1.29 is 9.53 Å². The number of hydrogen-bond acceptors (Lipinski definition) is 5. The van der Waals surface area contributed by atoms with E-state index in [0.29, 0.717) is 18.8 Å². The van der Waals surface area contributed by atoms with Crippen LogP contribution in [0.5, 0.6) is 0 Å². The summed E-state index contributed by atoms with van der Waals surface area (Å²) >= 11 is 1.66. The van der Waals surface area contributed by atoms with Gasteiger partial charge in [-0.1, -0.05) is 12.1 Å². The van der Waals surface area contributed by atoms with Crippen molar-refractivity contribution in [3.63, 3.8) is 0 Å². The maximum Gasteiger partial charge on any atom is 0.267 e. The number of ether oxygens (including phenoxy) is 1. The van der Waals surface area contributed by atoms with E-state index in [1.165, 1.54) is 10.7 Å². The standard InChI is InChI=1S/C17H21N3O3S/c1-23-11-3-10-18-16(21)12-20-17(22)9-8-15(19-20)13-4-6-14(24-2)7-5-13/h4-9H,3,10-12H2,1-2H3,(H,18,21). The lowest BCUT2D eigenvalue weighted by Crippen LogP contribution is -2.34. The van der Waals surface area contributed by atoms with Crippen molar-refractivity contribution in [3.05, 3.63) is 46.8 Å². The molecular weight excluding hydrogens is 326 g/mol. The van der Waals surface area contributed by atoms with E-state index in [4.69, 9.17) is 4.74 Å². The fraction of sp³-hybridized carbons (Fsp3) is 0.353. The number of nitrogens with one attached hydrogen (secondary N) is 1. The van der Waals surface area contributed by atoms with Crippen LogP contribution in [0.3, 0.4) is 0 Å². The number of hydrogen-bond donors (Lipinski definition) is 1. The second-order valence-electron chi connectivity index (χ2n) is 5.14. The highest BCUT2D eigenvalue weighted by atomic mass is 32.2. The molecular formula is C17H21N3O3S. The largest absolute Gasteiger partial charge is 0.385 e. The fourth-order valence-corrected chi connectivity index (χ4v) is 2.52. The number of aromatic nitrogens is 2. The molecule has 0 atom stereocenters. The number of nitrogens with zero attached hydrogens (tertiary/aromatic N) is 2. The molecule has 0 saturated carbocycles. The zero-order chi connectivity index (χ0) is 17.4. The maximum atomic E-state index is 11.9. The molecule has 0 aliphatic rings. The average Bonchev–Trinajstić information content (AvgIpc) is 2.61. The molecule has 1 heterocycles. The second kappa shape index (κ2) is 9.24. The number of rotatable bonds is 8. The average molecular weight is 347 g/mol. The minimum atomic E-state index is -0.300. The minimum Gasteiger partial charge on any atom is -0.385 e. The van der Waals surface area contributed by atoms with Crippen LogP contribution < -0.4 is 10.9 Å². The quantitative estimate of drug-likeness (QED) is 0.582. The SMILES string of the molecule is COCCCNC(=O)Cn1nc(-c2ccc(SC)cc2)ccc1=O. The van der Waals surface area contributed by atoms with Gasteiger partial charge in [-0.25, -0.2) is 4.68 Å². The summed E-state index contributed by atoms with van der Waals surface area (Å²) in [5.74, 6) is -0.240. The van der Waals surface area contributed by atoms with Crippen LogP contribution in [0.2, 0.25) is 0 Å². The number of thioether (sulfide) groups is 1. The van der Waals surface area contributed by atoms with Gasteiger partial charge in [-0.15, -0.1) is 11.8 Å². The third-order valence-electron chi connectivity index (χ3n) is 3.39. The van der Waals surface area contributed by atoms with Crippen LogP contribution in [-0.2, 0) is 16.1 Å². The highest BCUT2D eigenvalue weighted by Gasteiger charge is 2.08. The van der Waals surface area contributed by atoms with Crippen molar-refractivity contribution in [1.29, 1.82) is 0 Å². The lowest BCUT2D eigenvalue weighted by molar-refractivity contribution is -0.121. The van der Waals surface area contributed by atoms with Crippen LogP contribution in [0.15, 0.2) is 46.1 Å². The molecule has 1 amide bonds. The third-order valence-corrected chi connectivity index (χ3v) is 4.14. The zero-order valence-electron chi connectivity index (χ0n) is 13.8. The number of benzene rings is 1. The molecule has 6 nitrogen and oxygen atoms in total. The van der Waals surface area contributed by atoms with Gasteiger partial charge in [0.1, 0.15) is 6.54 Å². The number of carbonyl (C=O) groups is 1. The first-order valence-corrected chi connectivity index (χ1v) is 8.84. The van der Waals surface area contributed by atoms with E-state index in [9.17, 15) is 9.59 Å². The van der Waals surface area contributed by atoms with Crippen molar-refractivity contribution in [2.45, 2.75) is 17.9 Å². The summed E-state index contributed by atoms with van der Waals surface area (Å²) in [6, 6.07) is 11.0. The summed E-state index contributed by atoms with van der Waals surface area (Å²) in [6.07, 6.45) is 2.74. The fourth-order valence-electron chi connectivity index (χ4n) is 2.11. The van der Waals surface area contributed by atoms with Crippen molar-refractivity contribution >= 4 is 17.7 Å². The van der Waals surface area contributed by atoms with E-state index < -0.39 is 0 Å². The molecule has 0 bridgehead atoms. The van der Waals surface area contributed by atoms with Crippen molar-refractivity contribution in [3.8, 4) is 11.3 Å². The first kappa shape index (κ1) is 18.2. The monoisotopic (exact) mass is 347 g/mol. The van der Waals surface area contributed by atoms with E-state index in [-0.39, 0.29) is 18.0 Å². The predicted molar refractivity (Wildman–Crippen MR) is 95.2 cm³/mol. The molecule has 0 spiro atoms. The summed E-state index contributed by atoms with van der Waals surface area (Å²) in [7, 11) is 1.61. The highest BCUT2D eigenvalue weighted by Crippen LogP contribution is 2.20. The highest BCUT2D eigenvalue weighted by molar-refractivity contribution is 7.98. The smallest absolute Gasteiger partial charge is 0.267 e. The normalized spacial score (nSPS) is 10.6. The lowest BCUT2D eigenvalue weighted by atomic mass is 10.1. The van der Waals surface area contributed by atoms with Crippen molar-refractivity contribution in [2.75, 3.05) is 26.5 Å². The van der Waals surface area contributed by atoms with Gasteiger partial charge in [-0.3, -0.25) is 9.59 Å². The van der Waals surface area contributed by atoms with Crippen LogP contribution in [0.1, 0.15) is 6.42 Å². The number of carbonyl (C=O) groups excluding carboxylic acids is 1. The van der Waals surface area contributed by atoms with Crippen LogP contribution in [-0.4, -0.2) is 42.2 Å². The third kappa shape index (κ3) is 5.21. The van der Waals surface area contributed by atoms with E-state index in [0.717, 1.165) is 16.9 Å². The van der Waals surface area contributed by atoms with Crippen LogP contribution in [0, 0.1) is 0 Å². The predicted octanol–water partition coefficient (Wildman–Crippen LogP) is 1.78. The molecule has 0 aliphatic heterocycles. The topological polar surface area (TPSA) is 73.2 Å². The molecule has 0 fully saturated rings. The summed E-state index contributed by atoms with van der Waals surface area (Å²) < 4.78 is 6.11. The summed E-state index contributed by atoms with van der Waals surface area (Å²) in [5.41, 5.74) is 1.27. The molecule has 1 N–H and O–H groups in total. The van der Waals surface area contributed by atoms with E-state index >= 15 is 0 Å². The van der Waals surface area contributed by atoms with Gasteiger partial charge in [0.25, 0.3) is 5.56 Å². The Morgan fingerprint density at radius 1 is 1.25 bits per heavy atom. The molecule has 7 heteroatoms. The Kier molecular flexibility index (Phi) is 7.02. The van der Waals surface area contributed by atoms with E-state index in [2.05, 4.69) is 10.4 Å². The number of amides is 1. The Morgan fingerprint density at radius 3 is 2.67 bits per heavy atom. The Bertz CT molecular complexity index is 729. The van der Waals surface area contributed by atoms with E-state index in [1.54, 1.807) is 24.9 Å². The molecule has 0 saturated heterocycles. The maximum absolute atomic E-state index is 11.9. The van der Waals surface area contributed by atoms with Gasteiger partial charge in [-0.2, -0.15) is 5.10 Å². The zero-order valence-corrected chi connectivity index (χ0v) is 14.6. The molecule has 2 aromatic rings. The molecule has 1 aromatic carbocycles. The Morgan fingerprint density at radius 2 is 2.00 bits per heavy atom. The molecule has 1 aromatic heterocycles. The van der Waals surface area contributed by atoms with Crippen molar-refractivity contribution in [2.24, 2.45) is 0 Å². The van der Waals surface area contributed by atoms with Gasteiger partial charge in [0.15, 0.2) is 0 Å². The first-order valence-electron chi connectivity index (χ1n) is 7.62. The molecule has 0 aliphatic carbocycles. The van der Waals surface area contributed by atoms with Crippen molar-refractivity contribution in [1.82, 2.24) is 15.1 Å². The number of methoxy groups -OCH3 is 1. The molecule has 2 rings (SSSR count). The Balaban J connectivity index is 2.07. The van der Waals surface area contributed by atoms with Gasteiger partial charge in [0.2, 0.25) is 5.91 Å². The van der Waals surface area contributed by atoms with Gasteiger partial charge in [0.05, 0.1) is 5.69 Å². The Hall–Kier alpha value is -2.12. The van der Waals surface area contributed by atoms with E-state index in [1.807, 2.05) is 30.5 Å². The van der Waals surface area contributed by atoms with Gasteiger partial charge in [-0.05, 0) is 30.9 Å². The van der Waals surface area contributed by atoms with Crippen LogP contribution >= 0.6 is 11.8 Å². The Labute approximate surface area is 145 Å². The molecule has 0 radical (unpaired) electrons. The molecule has 0 unspecified atom stereocenters. The van der Waals surface area contributed by atoms with Crippen LogP contribution in [0.25, 0.3) is 11.3 Å². The van der Waals surface area contributed by atoms with Crippen LogP contribution in [0.4, 0.5) is 0 Å². The molecule has 128 valence electrons. The second-order valence-corrected chi connectivity index (χ2v) is 6.02. The summed E-state index contributed by atoms with van der Waals surface area (Å²) in [4.78, 5) is 25.0. The molecule has 24 heavy (non-hydrogen) atoms. The summed E-state index contributed by atoms with van der Waals surface area (Å²) in [6.45, 7) is 1.000.